The average molecular weight is 613 g/mol. The van der Waals surface area contributed by atoms with Crippen molar-refractivity contribution in [2.24, 2.45) is 0 Å². The number of hydrogen-bond acceptors (Lipinski definition) is 6. The number of ketones is 1. The summed E-state index contributed by atoms with van der Waals surface area (Å²) in [6.07, 6.45) is -2.17. The Morgan fingerprint density at radius 2 is 1.74 bits per heavy atom. The molecule has 42 heavy (non-hydrogen) atoms. The maximum atomic E-state index is 13.1. The number of unbranched alkanes of at least 4 members (excludes halogenated alkanes) is 1. The topological polar surface area (TPSA) is 102 Å². The van der Waals surface area contributed by atoms with E-state index in [4.69, 9.17) is 4.74 Å². The van der Waals surface area contributed by atoms with Crippen molar-refractivity contribution in [1.29, 1.82) is 0 Å². The number of aryl methyl sites for hydroxylation is 1. The van der Waals surface area contributed by atoms with Crippen LogP contribution in [0.25, 0.3) is 0 Å². The monoisotopic (exact) mass is 612 g/mol. The van der Waals surface area contributed by atoms with Crippen molar-refractivity contribution < 1.29 is 40.7 Å². The van der Waals surface area contributed by atoms with Gasteiger partial charge in [0.2, 0.25) is 10.0 Å². The molecule has 8 nitrogen and oxygen atoms in total. The molecule has 1 aliphatic rings. The molecule has 0 aliphatic heterocycles. The number of hydrogen-bond donors (Lipinski definition) is 1. The summed E-state index contributed by atoms with van der Waals surface area (Å²) >= 11 is 0. The van der Waals surface area contributed by atoms with E-state index in [0.29, 0.717) is 36.8 Å². The number of benzene rings is 2. The van der Waals surface area contributed by atoms with Gasteiger partial charge in [0, 0.05) is 31.6 Å². The Bertz CT molecular complexity index is 1370. The van der Waals surface area contributed by atoms with E-state index < -0.39 is 28.1 Å². The summed E-state index contributed by atoms with van der Waals surface area (Å²) in [6.45, 7) is 7.39. The number of rotatable bonds is 13. The van der Waals surface area contributed by atoms with Crippen LogP contribution >= 0.6 is 0 Å². The second-order valence-corrected chi connectivity index (χ2v) is 13.0. The quantitative estimate of drug-likeness (QED) is 0.213. The Hall–Kier alpha value is -3.12. The van der Waals surface area contributed by atoms with E-state index in [0.717, 1.165) is 17.5 Å². The van der Waals surface area contributed by atoms with Gasteiger partial charge in [0.15, 0.2) is 5.78 Å². The first-order valence-electron chi connectivity index (χ1n) is 14.1. The third kappa shape index (κ3) is 9.72. The fourth-order valence-corrected chi connectivity index (χ4v) is 6.25. The number of carbonyl (C=O) groups excluding carboxylic acids is 2. The fraction of sp³-hybridized carbons (Fsp3) is 0.533. The summed E-state index contributed by atoms with van der Waals surface area (Å²) in [4.78, 5) is 27.6. The van der Waals surface area contributed by atoms with Crippen LogP contribution in [0.5, 0.6) is 5.75 Å². The molecule has 0 saturated carbocycles. The lowest BCUT2D eigenvalue weighted by Gasteiger charge is -2.27. The van der Waals surface area contributed by atoms with Crippen LogP contribution in [-0.4, -0.2) is 56.8 Å². The minimum absolute atomic E-state index is 0.0809. The summed E-state index contributed by atoms with van der Waals surface area (Å²) < 4.78 is 76.2. The maximum absolute atomic E-state index is 13.1. The van der Waals surface area contributed by atoms with Crippen LogP contribution in [0.15, 0.2) is 41.3 Å². The van der Waals surface area contributed by atoms with Gasteiger partial charge in [0.25, 0.3) is 0 Å². The molecular formula is C30H39F3N2O6S. The highest BCUT2D eigenvalue weighted by Crippen LogP contribution is 2.31. The van der Waals surface area contributed by atoms with Gasteiger partial charge < -0.3 is 14.4 Å². The summed E-state index contributed by atoms with van der Waals surface area (Å²) in [6, 6.07) is 9.00. The molecule has 0 radical (unpaired) electrons. The van der Waals surface area contributed by atoms with Gasteiger partial charge in [-0.1, -0.05) is 25.1 Å². The minimum atomic E-state index is -4.84. The number of para-hydroxylation sites is 1. The Labute approximate surface area is 245 Å². The van der Waals surface area contributed by atoms with Crippen LogP contribution in [0.4, 0.5) is 18.0 Å². The molecule has 1 aliphatic carbocycles. The Kier molecular flexibility index (Phi) is 11.0. The van der Waals surface area contributed by atoms with Gasteiger partial charge in [-0.25, -0.2) is 17.9 Å². The summed E-state index contributed by atoms with van der Waals surface area (Å²) in [5.74, 6) is -0.524. The van der Waals surface area contributed by atoms with Gasteiger partial charge in [0.1, 0.15) is 11.4 Å². The van der Waals surface area contributed by atoms with Crippen LogP contribution < -0.4 is 9.46 Å². The van der Waals surface area contributed by atoms with Gasteiger partial charge in [-0.15, -0.1) is 13.2 Å². The zero-order chi connectivity index (χ0) is 31.1. The number of nitrogens with one attached hydrogen (secondary N) is 1. The second kappa shape index (κ2) is 13.9. The first kappa shape index (κ1) is 33.4. The number of Topliss-reactive ketones (excluding diaryl/α,β-unsaturated/α-hetero) is 1. The SMILES string of the molecule is CCNS(=O)(=O)c1cc(C(=O)CCCCN(CCc2ccccc2OC(F)(F)F)C(=O)OC(C)(C)C)cc2c1CCC2. The van der Waals surface area contributed by atoms with Crippen molar-refractivity contribution in [3.63, 3.8) is 0 Å². The Morgan fingerprint density at radius 1 is 1.02 bits per heavy atom. The molecule has 3 rings (SSSR count). The molecule has 0 saturated heterocycles. The molecule has 0 atom stereocenters. The van der Waals surface area contributed by atoms with Crippen molar-refractivity contribution >= 4 is 21.9 Å². The molecule has 1 amide bonds. The van der Waals surface area contributed by atoms with Crippen molar-refractivity contribution in [2.75, 3.05) is 19.6 Å². The van der Waals surface area contributed by atoms with Crippen molar-refractivity contribution in [1.82, 2.24) is 9.62 Å². The number of nitrogens with zero attached hydrogens (tertiary/aromatic N) is 1. The number of carbonyl (C=O) groups is 2. The maximum Gasteiger partial charge on any atom is 0.573 e. The van der Waals surface area contributed by atoms with Crippen LogP contribution in [0.2, 0.25) is 0 Å². The molecule has 0 aromatic heterocycles. The molecule has 0 heterocycles. The van der Waals surface area contributed by atoms with Crippen molar-refractivity contribution in [3.8, 4) is 5.75 Å². The van der Waals surface area contributed by atoms with Crippen molar-refractivity contribution in [2.45, 2.75) is 89.5 Å². The van der Waals surface area contributed by atoms with E-state index in [1.54, 1.807) is 39.8 Å². The Balaban J connectivity index is 1.66. The Morgan fingerprint density at radius 3 is 2.40 bits per heavy atom. The molecule has 0 unspecified atom stereocenters. The van der Waals surface area contributed by atoms with Gasteiger partial charge in [-0.2, -0.15) is 0 Å². The van der Waals surface area contributed by atoms with Gasteiger partial charge >= 0.3 is 12.5 Å². The number of amides is 1. The van der Waals surface area contributed by atoms with E-state index in [1.807, 2.05) is 0 Å². The molecule has 0 fully saturated rings. The predicted molar refractivity (Wildman–Crippen MR) is 152 cm³/mol. The standard InChI is InChI=1S/C30H39F3N2O6S/c1-5-34-42(38,39)27-20-23(19-22-12-10-13-24(22)27)25(36)14-8-9-17-35(28(37)41-29(2,3)4)18-16-21-11-6-7-15-26(21)40-30(31,32)33/h6-7,11,15,19-20,34H,5,8-10,12-14,16-18H2,1-4H3. The molecule has 2 aromatic rings. The first-order valence-corrected chi connectivity index (χ1v) is 15.6. The van der Waals surface area contributed by atoms with E-state index in [-0.39, 0.29) is 48.9 Å². The van der Waals surface area contributed by atoms with E-state index in [2.05, 4.69) is 9.46 Å². The highest BCUT2D eigenvalue weighted by Gasteiger charge is 2.32. The van der Waals surface area contributed by atoms with Crippen LogP contribution in [0, 0.1) is 0 Å². The number of fused-ring (bicyclic) bond motifs is 1. The zero-order valence-electron chi connectivity index (χ0n) is 24.5. The third-order valence-electron chi connectivity index (χ3n) is 6.70. The molecule has 12 heteroatoms. The lowest BCUT2D eigenvalue weighted by molar-refractivity contribution is -0.274. The number of alkyl halides is 3. The molecule has 1 N–H and O–H groups in total. The lowest BCUT2D eigenvalue weighted by atomic mass is 10.0. The molecule has 0 spiro atoms. The molecule has 2 aromatic carbocycles. The predicted octanol–water partition coefficient (Wildman–Crippen LogP) is 6.20. The smallest absolute Gasteiger partial charge is 0.444 e. The summed E-state index contributed by atoms with van der Waals surface area (Å²) in [5, 5.41) is 0. The normalized spacial score (nSPS) is 13.5. The van der Waals surface area contributed by atoms with Crippen LogP contribution in [0.1, 0.15) is 80.4 Å². The van der Waals surface area contributed by atoms with Gasteiger partial charge in [-0.3, -0.25) is 4.79 Å². The first-order chi connectivity index (χ1) is 19.6. The average Bonchev–Trinajstić information content (AvgIpc) is 3.35. The number of sulfonamides is 1. The highest BCUT2D eigenvalue weighted by molar-refractivity contribution is 7.89. The van der Waals surface area contributed by atoms with Gasteiger partial charge in [-0.05, 0) is 94.2 Å². The number of halogens is 3. The second-order valence-electron chi connectivity index (χ2n) is 11.2. The molecule has 232 valence electrons. The largest absolute Gasteiger partial charge is 0.573 e. The van der Waals surface area contributed by atoms with E-state index >= 15 is 0 Å². The van der Waals surface area contributed by atoms with E-state index in [1.165, 1.54) is 29.2 Å². The highest BCUT2D eigenvalue weighted by atomic mass is 32.2. The zero-order valence-corrected chi connectivity index (χ0v) is 25.3. The summed E-state index contributed by atoms with van der Waals surface area (Å²) in [5.41, 5.74) is 1.50. The minimum Gasteiger partial charge on any atom is -0.444 e. The molecular weight excluding hydrogens is 573 g/mol. The van der Waals surface area contributed by atoms with Gasteiger partial charge in [0.05, 0.1) is 4.90 Å². The number of ether oxygens (including phenoxy) is 2. The van der Waals surface area contributed by atoms with Crippen molar-refractivity contribution in [3.05, 3.63) is 58.7 Å². The fourth-order valence-electron chi connectivity index (χ4n) is 4.88. The lowest BCUT2D eigenvalue weighted by Crippen LogP contribution is -2.38. The summed E-state index contributed by atoms with van der Waals surface area (Å²) in [7, 11) is -3.73. The molecule has 0 bridgehead atoms. The van der Waals surface area contributed by atoms with Crippen LogP contribution in [0.3, 0.4) is 0 Å². The van der Waals surface area contributed by atoms with Crippen LogP contribution in [-0.2, 0) is 34.0 Å². The van der Waals surface area contributed by atoms with E-state index in [9.17, 15) is 31.2 Å². The third-order valence-corrected chi connectivity index (χ3v) is 8.32.